The summed E-state index contributed by atoms with van der Waals surface area (Å²) in [5.74, 6) is 0.824. The molecule has 2 nitrogen and oxygen atoms in total. The highest BCUT2D eigenvalue weighted by Crippen LogP contribution is 2.33. The molecule has 0 aliphatic rings. The van der Waals surface area contributed by atoms with E-state index in [-0.39, 0.29) is 0 Å². The van der Waals surface area contributed by atoms with Crippen molar-refractivity contribution in [3.05, 3.63) is 58.7 Å². The van der Waals surface area contributed by atoms with Gasteiger partial charge in [0.15, 0.2) is 0 Å². The summed E-state index contributed by atoms with van der Waals surface area (Å²) in [6.07, 6.45) is 0. The van der Waals surface area contributed by atoms with Gasteiger partial charge in [0.2, 0.25) is 0 Å². The van der Waals surface area contributed by atoms with E-state index in [0.29, 0.717) is 0 Å². The van der Waals surface area contributed by atoms with Crippen molar-refractivity contribution < 1.29 is 4.74 Å². The third kappa shape index (κ3) is 2.57. The molecule has 112 valence electrons. The van der Waals surface area contributed by atoms with Gasteiger partial charge in [0, 0.05) is 10.9 Å². The van der Waals surface area contributed by atoms with E-state index >= 15 is 0 Å². The van der Waals surface area contributed by atoms with Crippen LogP contribution in [0.2, 0.25) is 0 Å². The van der Waals surface area contributed by atoms with E-state index in [2.05, 4.69) is 64.1 Å². The largest absolute Gasteiger partial charge is 0.494 e. The van der Waals surface area contributed by atoms with E-state index in [9.17, 15) is 0 Å². The van der Waals surface area contributed by atoms with Crippen LogP contribution in [0.3, 0.4) is 0 Å². The lowest BCUT2D eigenvalue weighted by atomic mass is 10.0. The summed E-state index contributed by atoms with van der Waals surface area (Å²) in [5, 5.41) is 1.15. The van der Waals surface area contributed by atoms with Crippen LogP contribution in [0.25, 0.3) is 22.2 Å². The van der Waals surface area contributed by atoms with Crippen molar-refractivity contribution in [3.63, 3.8) is 0 Å². The predicted octanol–water partition coefficient (Wildman–Crippen LogP) is 5.14. The van der Waals surface area contributed by atoms with Gasteiger partial charge in [-0.2, -0.15) is 0 Å². The number of methoxy groups -OCH3 is 1. The van der Waals surface area contributed by atoms with E-state index in [4.69, 9.17) is 9.72 Å². The van der Waals surface area contributed by atoms with Crippen molar-refractivity contribution in [3.8, 4) is 17.0 Å². The first-order chi connectivity index (χ1) is 10.5. The Morgan fingerprint density at radius 1 is 0.773 bits per heavy atom. The van der Waals surface area contributed by atoms with Crippen LogP contribution in [-0.4, -0.2) is 12.1 Å². The molecule has 0 aliphatic heterocycles. The van der Waals surface area contributed by atoms with Crippen LogP contribution in [0, 0.1) is 27.7 Å². The molecule has 0 spiro atoms. The molecule has 0 bridgehead atoms. The number of aromatic nitrogens is 1. The van der Waals surface area contributed by atoms with Gasteiger partial charge in [0.25, 0.3) is 0 Å². The standard InChI is InChI=1S/C20H21NO/c1-12-6-13(2)9-16(8-12)20-19(22-5)11-17-15(4)7-14(3)10-18(17)21-20/h6-11H,1-5H3. The second kappa shape index (κ2) is 5.45. The van der Waals surface area contributed by atoms with Gasteiger partial charge in [0.05, 0.1) is 12.6 Å². The summed E-state index contributed by atoms with van der Waals surface area (Å²) in [6, 6.07) is 12.9. The lowest BCUT2D eigenvalue weighted by molar-refractivity contribution is 0.415. The fourth-order valence-corrected chi connectivity index (χ4v) is 3.09. The molecule has 0 aliphatic carbocycles. The summed E-state index contributed by atoms with van der Waals surface area (Å²) < 4.78 is 5.61. The zero-order valence-corrected chi connectivity index (χ0v) is 13.8. The third-order valence-corrected chi connectivity index (χ3v) is 3.97. The zero-order valence-electron chi connectivity index (χ0n) is 13.8. The first-order valence-electron chi connectivity index (χ1n) is 7.52. The number of rotatable bonds is 2. The quantitative estimate of drug-likeness (QED) is 0.652. The summed E-state index contributed by atoms with van der Waals surface area (Å²) in [5.41, 5.74) is 7.97. The molecule has 0 N–H and O–H groups in total. The molecule has 0 saturated carbocycles. The Balaban J connectivity index is 2.32. The van der Waals surface area contributed by atoms with Gasteiger partial charge >= 0.3 is 0 Å². The minimum Gasteiger partial charge on any atom is -0.494 e. The van der Waals surface area contributed by atoms with E-state index in [1.807, 2.05) is 0 Å². The Kier molecular flexibility index (Phi) is 3.61. The SMILES string of the molecule is COc1cc2c(C)cc(C)cc2nc1-c1cc(C)cc(C)c1. The van der Waals surface area contributed by atoms with Crippen molar-refractivity contribution >= 4 is 10.9 Å². The molecule has 0 amide bonds. The second-order valence-corrected chi connectivity index (χ2v) is 6.06. The minimum atomic E-state index is 0.824. The second-order valence-electron chi connectivity index (χ2n) is 6.06. The van der Waals surface area contributed by atoms with E-state index < -0.39 is 0 Å². The Morgan fingerprint density at radius 3 is 2.05 bits per heavy atom. The number of benzene rings is 2. The summed E-state index contributed by atoms with van der Waals surface area (Å²) in [6.45, 7) is 8.44. The third-order valence-electron chi connectivity index (χ3n) is 3.97. The molecule has 1 heterocycles. The first kappa shape index (κ1) is 14.6. The predicted molar refractivity (Wildman–Crippen MR) is 92.7 cm³/mol. The molecule has 2 heteroatoms. The highest BCUT2D eigenvalue weighted by molar-refractivity contribution is 5.88. The average molecular weight is 291 g/mol. The first-order valence-corrected chi connectivity index (χ1v) is 7.52. The van der Waals surface area contributed by atoms with Gasteiger partial charge in [-0.05, 0) is 63.1 Å². The lowest BCUT2D eigenvalue weighted by Gasteiger charge is -2.13. The fraction of sp³-hybridized carbons (Fsp3) is 0.250. The summed E-state index contributed by atoms with van der Waals surface area (Å²) in [4.78, 5) is 4.90. The summed E-state index contributed by atoms with van der Waals surface area (Å²) in [7, 11) is 1.71. The van der Waals surface area contributed by atoms with Gasteiger partial charge in [-0.1, -0.05) is 23.3 Å². The number of fused-ring (bicyclic) bond motifs is 1. The molecule has 0 fully saturated rings. The van der Waals surface area contributed by atoms with E-state index in [1.165, 1.54) is 22.3 Å². The molecule has 22 heavy (non-hydrogen) atoms. The maximum absolute atomic E-state index is 5.61. The molecule has 0 unspecified atom stereocenters. The Bertz CT molecular complexity index is 845. The van der Waals surface area contributed by atoms with Crippen LogP contribution in [0.15, 0.2) is 36.4 Å². The monoisotopic (exact) mass is 291 g/mol. The summed E-state index contributed by atoms with van der Waals surface area (Å²) >= 11 is 0. The van der Waals surface area contributed by atoms with Crippen molar-refractivity contribution in [1.82, 2.24) is 4.98 Å². The zero-order chi connectivity index (χ0) is 15.9. The Hall–Kier alpha value is -2.35. The van der Waals surface area contributed by atoms with Crippen LogP contribution in [0.1, 0.15) is 22.3 Å². The maximum atomic E-state index is 5.61. The number of aryl methyl sites for hydroxylation is 4. The number of hydrogen-bond donors (Lipinski definition) is 0. The van der Waals surface area contributed by atoms with Gasteiger partial charge in [-0.15, -0.1) is 0 Å². The molecule has 0 saturated heterocycles. The average Bonchev–Trinajstić information content (AvgIpc) is 2.44. The normalized spacial score (nSPS) is 11.0. The van der Waals surface area contributed by atoms with E-state index in [1.54, 1.807) is 7.11 Å². The number of hydrogen-bond acceptors (Lipinski definition) is 2. The topological polar surface area (TPSA) is 22.1 Å². The van der Waals surface area contributed by atoms with Gasteiger partial charge in [0.1, 0.15) is 11.4 Å². The molecule has 2 aromatic carbocycles. The smallest absolute Gasteiger partial charge is 0.145 e. The van der Waals surface area contributed by atoms with Crippen LogP contribution in [0.5, 0.6) is 5.75 Å². The Morgan fingerprint density at radius 2 is 1.41 bits per heavy atom. The van der Waals surface area contributed by atoms with Gasteiger partial charge < -0.3 is 4.74 Å². The molecule has 1 aromatic heterocycles. The minimum absolute atomic E-state index is 0.824. The fourth-order valence-electron chi connectivity index (χ4n) is 3.09. The molecule has 0 radical (unpaired) electrons. The highest BCUT2D eigenvalue weighted by atomic mass is 16.5. The van der Waals surface area contributed by atoms with Gasteiger partial charge in [-0.3, -0.25) is 0 Å². The number of nitrogens with zero attached hydrogens (tertiary/aromatic N) is 1. The molecule has 3 rings (SSSR count). The Labute approximate surface area is 131 Å². The molecular formula is C20H21NO. The van der Waals surface area contributed by atoms with Crippen molar-refractivity contribution in [1.29, 1.82) is 0 Å². The maximum Gasteiger partial charge on any atom is 0.145 e. The van der Waals surface area contributed by atoms with Crippen molar-refractivity contribution in [2.75, 3.05) is 7.11 Å². The van der Waals surface area contributed by atoms with Crippen molar-refractivity contribution in [2.24, 2.45) is 0 Å². The van der Waals surface area contributed by atoms with Gasteiger partial charge in [-0.25, -0.2) is 4.98 Å². The van der Waals surface area contributed by atoms with Crippen LogP contribution < -0.4 is 4.74 Å². The number of pyridine rings is 1. The molecule has 0 atom stereocenters. The lowest BCUT2D eigenvalue weighted by Crippen LogP contribution is -1.95. The molecular weight excluding hydrogens is 270 g/mol. The van der Waals surface area contributed by atoms with Crippen LogP contribution >= 0.6 is 0 Å². The number of ether oxygens (including phenoxy) is 1. The van der Waals surface area contributed by atoms with Crippen LogP contribution in [0.4, 0.5) is 0 Å². The van der Waals surface area contributed by atoms with Crippen molar-refractivity contribution in [2.45, 2.75) is 27.7 Å². The molecule has 3 aromatic rings. The van der Waals surface area contributed by atoms with Crippen LogP contribution in [-0.2, 0) is 0 Å². The van der Waals surface area contributed by atoms with E-state index in [0.717, 1.165) is 27.9 Å². The highest BCUT2D eigenvalue weighted by Gasteiger charge is 2.12.